The van der Waals surface area contributed by atoms with Crippen molar-refractivity contribution in [2.75, 3.05) is 6.61 Å². The molecule has 140 valence electrons. The Kier molecular flexibility index (Phi) is 4.46. The van der Waals surface area contributed by atoms with E-state index in [-0.39, 0.29) is 18.2 Å². The van der Waals surface area contributed by atoms with Crippen molar-refractivity contribution in [3.05, 3.63) is 22.1 Å². The number of fused-ring (bicyclic) bond motifs is 5. The fourth-order valence-electron chi connectivity index (χ4n) is 3.51. The molecule has 0 spiro atoms. The van der Waals surface area contributed by atoms with E-state index in [4.69, 9.17) is 14.7 Å². The SMILES string of the molecule is CC[C@H](CO)[NH2+]Cc1nc2c3c4c(sc3nc(C)n2n1)COC(C)(C)C4. The van der Waals surface area contributed by atoms with Crippen molar-refractivity contribution in [2.24, 2.45) is 0 Å². The number of aliphatic hydroxyl groups excluding tert-OH is 1. The molecule has 0 radical (unpaired) electrons. The van der Waals surface area contributed by atoms with Gasteiger partial charge in [-0.1, -0.05) is 6.92 Å². The Balaban J connectivity index is 1.80. The van der Waals surface area contributed by atoms with E-state index in [2.05, 4.69) is 31.2 Å². The molecule has 0 aliphatic carbocycles. The summed E-state index contributed by atoms with van der Waals surface area (Å²) in [5.74, 6) is 1.62. The van der Waals surface area contributed by atoms with E-state index in [0.29, 0.717) is 13.2 Å². The van der Waals surface area contributed by atoms with Gasteiger partial charge in [-0.25, -0.2) is 9.97 Å². The van der Waals surface area contributed by atoms with Crippen LogP contribution in [0, 0.1) is 6.92 Å². The van der Waals surface area contributed by atoms with Crippen molar-refractivity contribution in [3.63, 3.8) is 0 Å². The third-order valence-corrected chi connectivity index (χ3v) is 6.21. The number of aryl methyl sites for hydroxylation is 1. The number of thiophene rings is 1. The molecular weight excluding hydrogens is 350 g/mol. The van der Waals surface area contributed by atoms with Crippen molar-refractivity contribution >= 4 is 27.2 Å². The van der Waals surface area contributed by atoms with Crippen LogP contribution in [0.3, 0.4) is 0 Å². The maximum Gasteiger partial charge on any atom is 0.206 e. The van der Waals surface area contributed by atoms with Crippen molar-refractivity contribution in [1.29, 1.82) is 0 Å². The van der Waals surface area contributed by atoms with Crippen LogP contribution in [-0.2, 0) is 24.3 Å². The lowest BCUT2D eigenvalue weighted by Crippen LogP contribution is -2.89. The summed E-state index contributed by atoms with van der Waals surface area (Å²) < 4.78 is 7.83. The summed E-state index contributed by atoms with van der Waals surface area (Å²) >= 11 is 1.71. The number of hydrogen-bond donors (Lipinski definition) is 2. The second-order valence-corrected chi connectivity index (χ2v) is 8.71. The molecule has 0 fully saturated rings. The standard InChI is InChI=1S/C18H25N5O2S/c1-5-11(8-24)19-7-14-21-16-15-12-6-18(3,4)25-9-13(12)26-17(15)20-10(2)23(16)22-14/h11,19,24H,5-9H2,1-4H3/p+1/t11-/m1/s1. The number of nitrogens with zero attached hydrogens (tertiary/aromatic N) is 4. The first kappa shape index (κ1) is 17.8. The fraction of sp³-hybridized carbons (Fsp3) is 0.611. The molecule has 7 nitrogen and oxygen atoms in total. The van der Waals surface area contributed by atoms with Crippen molar-refractivity contribution < 1.29 is 15.2 Å². The van der Waals surface area contributed by atoms with E-state index >= 15 is 0 Å². The number of quaternary nitrogens is 1. The van der Waals surface area contributed by atoms with Crippen LogP contribution in [0.15, 0.2) is 0 Å². The topological polar surface area (TPSA) is 89.2 Å². The Morgan fingerprint density at radius 1 is 1.38 bits per heavy atom. The molecule has 1 atom stereocenters. The molecular formula is C18H26N5O2S+. The van der Waals surface area contributed by atoms with E-state index in [9.17, 15) is 5.11 Å². The third-order valence-electron chi connectivity index (χ3n) is 5.11. The smallest absolute Gasteiger partial charge is 0.206 e. The normalized spacial score (nSPS) is 17.7. The molecule has 3 aromatic heterocycles. The molecule has 1 aliphatic rings. The fourth-order valence-corrected chi connectivity index (χ4v) is 4.66. The quantitative estimate of drug-likeness (QED) is 0.701. The van der Waals surface area contributed by atoms with E-state index in [1.807, 2.05) is 11.4 Å². The number of nitrogens with two attached hydrogens (primary N) is 1. The van der Waals surface area contributed by atoms with E-state index in [1.54, 1.807) is 11.3 Å². The minimum atomic E-state index is -0.172. The summed E-state index contributed by atoms with van der Waals surface area (Å²) in [5.41, 5.74) is 2.03. The molecule has 1 aliphatic heterocycles. The Morgan fingerprint density at radius 3 is 2.92 bits per heavy atom. The van der Waals surface area contributed by atoms with Gasteiger partial charge in [-0.2, -0.15) is 4.52 Å². The number of rotatable bonds is 5. The van der Waals surface area contributed by atoms with Gasteiger partial charge in [0.05, 0.1) is 24.2 Å². The molecule has 0 amide bonds. The first-order valence-corrected chi connectivity index (χ1v) is 9.98. The average molecular weight is 377 g/mol. The molecule has 3 N–H and O–H groups in total. The van der Waals surface area contributed by atoms with Crippen LogP contribution in [0.2, 0.25) is 0 Å². The van der Waals surface area contributed by atoms with Crippen LogP contribution in [0.25, 0.3) is 15.9 Å². The number of aliphatic hydroxyl groups is 1. The molecule has 4 rings (SSSR count). The molecule has 26 heavy (non-hydrogen) atoms. The van der Waals surface area contributed by atoms with Gasteiger partial charge in [0.15, 0.2) is 5.65 Å². The minimum Gasteiger partial charge on any atom is -0.390 e. The Hall–Kier alpha value is -1.61. The molecule has 0 saturated carbocycles. The van der Waals surface area contributed by atoms with Gasteiger partial charge < -0.3 is 15.2 Å². The predicted octanol–water partition coefficient (Wildman–Crippen LogP) is 1.33. The monoisotopic (exact) mass is 376 g/mol. The summed E-state index contributed by atoms with van der Waals surface area (Å²) in [4.78, 5) is 11.9. The Bertz CT molecular complexity index is 958. The highest BCUT2D eigenvalue weighted by Crippen LogP contribution is 2.39. The Labute approximate surface area is 156 Å². The molecule has 4 heterocycles. The first-order valence-electron chi connectivity index (χ1n) is 9.16. The molecule has 3 aromatic rings. The largest absolute Gasteiger partial charge is 0.390 e. The van der Waals surface area contributed by atoms with Gasteiger partial charge in [0.25, 0.3) is 0 Å². The minimum absolute atomic E-state index is 0.168. The lowest BCUT2D eigenvalue weighted by Gasteiger charge is -2.30. The van der Waals surface area contributed by atoms with Crippen molar-refractivity contribution in [2.45, 2.75) is 65.3 Å². The van der Waals surface area contributed by atoms with Crippen LogP contribution in [0.4, 0.5) is 0 Å². The van der Waals surface area contributed by atoms with Crippen LogP contribution in [0.5, 0.6) is 0 Å². The highest BCUT2D eigenvalue weighted by Gasteiger charge is 2.31. The van der Waals surface area contributed by atoms with E-state index < -0.39 is 0 Å². The van der Waals surface area contributed by atoms with Crippen molar-refractivity contribution in [1.82, 2.24) is 19.6 Å². The van der Waals surface area contributed by atoms with Gasteiger partial charge in [0.2, 0.25) is 5.82 Å². The van der Waals surface area contributed by atoms with Gasteiger partial charge in [0.1, 0.15) is 23.2 Å². The second kappa shape index (κ2) is 6.53. The zero-order valence-corrected chi connectivity index (χ0v) is 16.6. The third kappa shape index (κ3) is 3.00. The first-order chi connectivity index (χ1) is 12.4. The van der Waals surface area contributed by atoms with Gasteiger partial charge in [-0.3, -0.25) is 0 Å². The maximum absolute atomic E-state index is 9.39. The van der Waals surface area contributed by atoms with Crippen molar-refractivity contribution in [3.8, 4) is 0 Å². The number of aromatic nitrogens is 4. The molecule has 0 saturated heterocycles. The van der Waals surface area contributed by atoms with E-state index in [0.717, 1.165) is 40.4 Å². The molecule has 0 bridgehead atoms. The van der Waals surface area contributed by atoms with Gasteiger partial charge in [-0.15, -0.1) is 16.4 Å². The molecule has 8 heteroatoms. The zero-order chi connectivity index (χ0) is 18.5. The lowest BCUT2D eigenvalue weighted by molar-refractivity contribution is -0.707. The summed E-state index contributed by atoms with van der Waals surface area (Å²) in [6, 6.07) is 0.188. The summed E-state index contributed by atoms with van der Waals surface area (Å²) in [6.45, 7) is 9.76. The summed E-state index contributed by atoms with van der Waals surface area (Å²) in [7, 11) is 0. The predicted molar refractivity (Wildman–Crippen MR) is 100 cm³/mol. The average Bonchev–Trinajstić information content (AvgIpc) is 3.16. The molecule has 0 aromatic carbocycles. The van der Waals surface area contributed by atoms with Gasteiger partial charge in [-0.05, 0) is 32.8 Å². The summed E-state index contributed by atoms with van der Waals surface area (Å²) in [6.07, 6.45) is 1.78. The molecule has 0 unspecified atom stereocenters. The second-order valence-electron chi connectivity index (χ2n) is 7.62. The lowest BCUT2D eigenvalue weighted by atomic mass is 9.94. The Morgan fingerprint density at radius 2 is 2.19 bits per heavy atom. The summed E-state index contributed by atoms with van der Waals surface area (Å²) in [5, 5.41) is 17.3. The van der Waals surface area contributed by atoms with Crippen LogP contribution in [-0.4, -0.2) is 42.9 Å². The maximum atomic E-state index is 9.39. The number of hydrogen-bond acceptors (Lipinski definition) is 6. The zero-order valence-electron chi connectivity index (χ0n) is 15.7. The highest BCUT2D eigenvalue weighted by atomic mass is 32.1. The number of ether oxygens (including phenoxy) is 1. The van der Waals surface area contributed by atoms with Crippen LogP contribution >= 0.6 is 11.3 Å². The van der Waals surface area contributed by atoms with Crippen LogP contribution in [0.1, 0.15) is 49.3 Å². The van der Waals surface area contributed by atoms with Gasteiger partial charge in [0, 0.05) is 11.3 Å². The van der Waals surface area contributed by atoms with Gasteiger partial charge >= 0.3 is 0 Å². The van der Waals surface area contributed by atoms with E-state index in [1.165, 1.54) is 10.4 Å². The highest BCUT2D eigenvalue weighted by molar-refractivity contribution is 7.19. The van der Waals surface area contributed by atoms with Crippen LogP contribution < -0.4 is 5.32 Å².